The minimum Gasteiger partial charge on any atom is -0.504 e. The maximum Gasteiger partial charge on any atom is 0.198 e. The van der Waals surface area contributed by atoms with Crippen molar-refractivity contribution in [3.8, 4) is 17.2 Å². The molecule has 3 aromatic rings. The highest BCUT2D eigenvalue weighted by Crippen LogP contribution is 2.40. The Labute approximate surface area is 163 Å². The molecule has 0 aliphatic heterocycles. The van der Waals surface area contributed by atoms with Crippen molar-refractivity contribution in [2.24, 2.45) is 0 Å². The Bertz CT molecular complexity index is 1100. The minimum atomic E-state index is -0.378. The summed E-state index contributed by atoms with van der Waals surface area (Å²) in [6.45, 7) is 6.37. The number of ether oxygens (including phenoxy) is 1. The van der Waals surface area contributed by atoms with Crippen LogP contribution < -0.4 is 4.74 Å². The predicted octanol–water partition coefficient (Wildman–Crippen LogP) is 5.26. The van der Waals surface area contributed by atoms with Gasteiger partial charge in [0.25, 0.3) is 0 Å². The fourth-order valence-corrected chi connectivity index (χ4v) is 3.38. The molecule has 0 aromatic heterocycles. The fraction of sp³-hybridized carbons (Fsp3) is 0.167. The SMILES string of the molecule is CC(C)(C)c1ccc(Oc2ccc3c(c2O)C(=O)c2ccccc2C3=O)cc1. The molecule has 28 heavy (non-hydrogen) atoms. The Kier molecular flexibility index (Phi) is 4.07. The van der Waals surface area contributed by atoms with Crippen molar-refractivity contribution in [1.29, 1.82) is 0 Å². The Morgan fingerprint density at radius 3 is 1.96 bits per heavy atom. The van der Waals surface area contributed by atoms with Gasteiger partial charge in [-0.1, -0.05) is 57.2 Å². The lowest BCUT2D eigenvalue weighted by Gasteiger charge is -2.20. The van der Waals surface area contributed by atoms with Crippen molar-refractivity contribution in [1.82, 2.24) is 0 Å². The molecule has 0 saturated carbocycles. The van der Waals surface area contributed by atoms with Crippen molar-refractivity contribution in [3.05, 3.63) is 88.5 Å². The first-order valence-electron chi connectivity index (χ1n) is 9.10. The van der Waals surface area contributed by atoms with E-state index in [1.54, 1.807) is 24.3 Å². The summed E-state index contributed by atoms with van der Waals surface area (Å²) in [4.78, 5) is 25.6. The van der Waals surface area contributed by atoms with Crippen molar-refractivity contribution < 1.29 is 19.4 Å². The van der Waals surface area contributed by atoms with E-state index in [0.717, 1.165) is 5.56 Å². The molecular weight excluding hydrogens is 352 g/mol. The molecule has 0 atom stereocenters. The summed E-state index contributed by atoms with van der Waals surface area (Å²) in [6, 6.07) is 17.3. The van der Waals surface area contributed by atoms with Gasteiger partial charge in [0, 0.05) is 16.7 Å². The molecule has 0 amide bonds. The first kappa shape index (κ1) is 18.0. The van der Waals surface area contributed by atoms with E-state index in [2.05, 4.69) is 20.8 Å². The number of carbonyl (C=O) groups is 2. The second-order valence-corrected chi connectivity index (χ2v) is 7.92. The summed E-state index contributed by atoms with van der Waals surface area (Å²) in [5.74, 6) is -0.288. The number of phenolic OH excluding ortho intramolecular Hbond substituents is 1. The lowest BCUT2D eigenvalue weighted by molar-refractivity contribution is 0.0976. The van der Waals surface area contributed by atoms with E-state index < -0.39 is 0 Å². The number of phenols is 1. The zero-order valence-corrected chi connectivity index (χ0v) is 15.9. The molecule has 4 nitrogen and oxygen atoms in total. The van der Waals surface area contributed by atoms with Crippen LogP contribution in [-0.2, 0) is 5.41 Å². The Hall–Kier alpha value is -3.40. The first-order valence-corrected chi connectivity index (χ1v) is 9.10. The smallest absolute Gasteiger partial charge is 0.198 e. The van der Waals surface area contributed by atoms with Crippen LogP contribution in [0.1, 0.15) is 58.2 Å². The second kappa shape index (κ2) is 6.34. The van der Waals surface area contributed by atoms with Crippen molar-refractivity contribution in [3.63, 3.8) is 0 Å². The van der Waals surface area contributed by atoms with Crippen LogP contribution in [0, 0.1) is 0 Å². The summed E-state index contributed by atoms with van der Waals surface area (Å²) in [6.07, 6.45) is 0. The molecule has 1 aliphatic rings. The molecule has 0 saturated heterocycles. The lowest BCUT2D eigenvalue weighted by Crippen LogP contribution is -2.21. The quantitative estimate of drug-likeness (QED) is 0.521. The van der Waals surface area contributed by atoms with E-state index in [4.69, 9.17) is 4.74 Å². The van der Waals surface area contributed by atoms with Gasteiger partial charge in [-0.2, -0.15) is 0 Å². The maximum absolute atomic E-state index is 12.9. The molecule has 0 radical (unpaired) electrons. The highest BCUT2D eigenvalue weighted by atomic mass is 16.5. The normalized spacial score (nSPS) is 13.1. The van der Waals surface area contributed by atoms with Gasteiger partial charge in [0.05, 0.1) is 5.56 Å². The maximum atomic E-state index is 12.9. The van der Waals surface area contributed by atoms with Gasteiger partial charge in [0.2, 0.25) is 0 Å². The number of hydrogen-bond donors (Lipinski definition) is 1. The van der Waals surface area contributed by atoms with E-state index >= 15 is 0 Å². The number of ketones is 2. The van der Waals surface area contributed by atoms with E-state index in [1.807, 2.05) is 24.3 Å². The van der Waals surface area contributed by atoms with Gasteiger partial charge in [-0.05, 0) is 35.2 Å². The van der Waals surface area contributed by atoms with Gasteiger partial charge in [0.15, 0.2) is 23.1 Å². The number of hydrogen-bond acceptors (Lipinski definition) is 4. The summed E-state index contributed by atoms with van der Waals surface area (Å²) in [5, 5.41) is 10.7. The Balaban J connectivity index is 1.72. The number of carbonyl (C=O) groups excluding carboxylic acids is 2. The molecule has 3 aromatic carbocycles. The van der Waals surface area contributed by atoms with Gasteiger partial charge in [-0.25, -0.2) is 0 Å². The molecular formula is C24H20O4. The number of fused-ring (bicyclic) bond motifs is 2. The van der Waals surface area contributed by atoms with Crippen LogP contribution in [0.25, 0.3) is 0 Å². The van der Waals surface area contributed by atoms with Crippen LogP contribution in [0.4, 0.5) is 0 Å². The summed E-state index contributed by atoms with van der Waals surface area (Å²) in [5.41, 5.74) is 2.01. The topological polar surface area (TPSA) is 63.6 Å². The second-order valence-electron chi connectivity index (χ2n) is 7.92. The van der Waals surface area contributed by atoms with E-state index in [-0.39, 0.29) is 39.6 Å². The van der Waals surface area contributed by atoms with Gasteiger partial charge in [0.1, 0.15) is 5.75 Å². The lowest BCUT2D eigenvalue weighted by atomic mass is 9.83. The van der Waals surface area contributed by atoms with Gasteiger partial charge in [-0.15, -0.1) is 0 Å². The third-order valence-corrected chi connectivity index (χ3v) is 4.98. The average Bonchev–Trinajstić information content (AvgIpc) is 2.67. The van der Waals surface area contributed by atoms with E-state index in [1.165, 1.54) is 12.1 Å². The fourth-order valence-electron chi connectivity index (χ4n) is 3.38. The molecule has 0 heterocycles. The average molecular weight is 372 g/mol. The third kappa shape index (κ3) is 2.87. The van der Waals surface area contributed by atoms with Crippen LogP contribution in [0.15, 0.2) is 60.7 Å². The number of aromatic hydroxyl groups is 1. The minimum absolute atomic E-state index is 0.00693. The van der Waals surface area contributed by atoms with Crippen LogP contribution in [-0.4, -0.2) is 16.7 Å². The molecule has 1 N–H and O–H groups in total. The first-order chi connectivity index (χ1) is 13.3. The molecule has 0 bridgehead atoms. The van der Waals surface area contributed by atoms with Crippen molar-refractivity contribution >= 4 is 11.6 Å². The monoisotopic (exact) mass is 372 g/mol. The number of rotatable bonds is 2. The molecule has 0 unspecified atom stereocenters. The third-order valence-electron chi connectivity index (χ3n) is 4.98. The Morgan fingerprint density at radius 1 is 0.750 bits per heavy atom. The van der Waals surface area contributed by atoms with Gasteiger partial charge < -0.3 is 9.84 Å². The van der Waals surface area contributed by atoms with E-state index in [0.29, 0.717) is 16.9 Å². The Morgan fingerprint density at radius 2 is 1.36 bits per heavy atom. The zero-order valence-electron chi connectivity index (χ0n) is 15.9. The van der Waals surface area contributed by atoms with E-state index in [9.17, 15) is 14.7 Å². The molecule has 0 fully saturated rings. The standard InChI is InChI=1S/C24H20O4/c1-24(2,3)14-8-10-15(11-9-14)28-19-13-12-18-20(23(19)27)22(26)17-7-5-4-6-16(17)21(18)25/h4-13,27H,1-3H3. The van der Waals surface area contributed by atoms with Crippen molar-refractivity contribution in [2.45, 2.75) is 26.2 Å². The van der Waals surface area contributed by atoms with Gasteiger partial charge in [-0.3, -0.25) is 9.59 Å². The van der Waals surface area contributed by atoms with Gasteiger partial charge >= 0.3 is 0 Å². The molecule has 0 spiro atoms. The summed E-state index contributed by atoms with van der Waals surface area (Å²) >= 11 is 0. The number of benzene rings is 3. The highest BCUT2D eigenvalue weighted by molar-refractivity contribution is 6.29. The molecule has 4 rings (SSSR count). The van der Waals surface area contributed by atoms with Crippen molar-refractivity contribution in [2.75, 3.05) is 0 Å². The summed E-state index contributed by atoms with van der Waals surface area (Å²) in [7, 11) is 0. The molecule has 1 aliphatic carbocycles. The van der Waals surface area contributed by atoms with Crippen LogP contribution in [0.5, 0.6) is 17.2 Å². The van der Waals surface area contributed by atoms with Crippen LogP contribution >= 0.6 is 0 Å². The molecule has 140 valence electrons. The summed E-state index contributed by atoms with van der Waals surface area (Å²) < 4.78 is 5.80. The van der Waals surface area contributed by atoms with Crippen LogP contribution in [0.2, 0.25) is 0 Å². The predicted molar refractivity (Wildman–Crippen MR) is 107 cm³/mol. The molecule has 4 heteroatoms. The highest BCUT2D eigenvalue weighted by Gasteiger charge is 2.33. The van der Waals surface area contributed by atoms with Crippen LogP contribution in [0.3, 0.4) is 0 Å². The largest absolute Gasteiger partial charge is 0.504 e. The zero-order chi connectivity index (χ0) is 20.1.